The summed E-state index contributed by atoms with van der Waals surface area (Å²) in [4.78, 5) is 24.5. The molecular formula is C15H22N2O3. The molecular weight excluding hydrogens is 256 g/mol. The van der Waals surface area contributed by atoms with Crippen molar-refractivity contribution in [3.8, 4) is 0 Å². The number of nitrogens with one attached hydrogen (secondary N) is 1. The van der Waals surface area contributed by atoms with Crippen molar-refractivity contribution in [2.24, 2.45) is 0 Å². The highest BCUT2D eigenvalue weighted by atomic mass is 16.4. The molecule has 110 valence electrons. The summed E-state index contributed by atoms with van der Waals surface area (Å²) < 4.78 is 0. The van der Waals surface area contributed by atoms with Gasteiger partial charge in [-0.25, -0.2) is 0 Å². The maximum absolute atomic E-state index is 12.2. The third-order valence-corrected chi connectivity index (χ3v) is 2.86. The van der Waals surface area contributed by atoms with E-state index < -0.39 is 5.97 Å². The molecule has 0 aliphatic carbocycles. The highest BCUT2D eigenvalue weighted by Crippen LogP contribution is 2.15. The summed E-state index contributed by atoms with van der Waals surface area (Å²) in [5.41, 5.74) is 1.83. The summed E-state index contributed by atoms with van der Waals surface area (Å²) in [7, 11) is 0. The lowest BCUT2D eigenvalue weighted by molar-refractivity contribution is -0.136. The zero-order chi connectivity index (χ0) is 15.1. The molecule has 5 heteroatoms. The molecule has 0 saturated heterocycles. The Morgan fingerprint density at radius 3 is 2.35 bits per heavy atom. The highest BCUT2D eigenvalue weighted by molar-refractivity contribution is 5.95. The Morgan fingerprint density at radius 2 is 1.85 bits per heavy atom. The predicted molar refractivity (Wildman–Crippen MR) is 78.9 cm³/mol. The summed E-state index contributed by atoms with van der Waals surface area (Å²) in [5.74, 6) is -1.03. The maximum atomic E-state index is 12.2. The van der Waals surface area contributed by atoms with Gasteiger partial charge in [-0.15, -0.1) is 0 Å². The minimum atomic E-state index is -0.910. The van der Waals surface area contributed by atoms with Gasteiger partial charge in [0.1, 0.15) is 0 Å². The summed E-state index contributed by atoms with van der Waals surface area (Å²) in [6.07, 6.45) is -0.0682. The van der Waals surface area contributed by atoms with Crippen molar-refractivity contribution in [2.75, 3.05) is 18.0 Å². The molecule has 1 aromatic carbocycles. The number of aryl methyl sites for hydroxylation is 1. The second-order valence-electron chi connectivity index (χ2n) is 5.06. The van der Waals surface area contributed by atoms with Gasteiger partial charge < -0.3 is 15.3 Å². The molecule has 0 aliphatic rings. The average molecular weight is 278 g/mol. The van der Waals surface area contributed by atoms with Crippen LogP contribution in [0.3, 0.4) is 0 Å². The molecule has 0 fully saturated rings. The molecule has 1 aromatic rings. The number of hydrogen-bond acceptors (Lipinski definition) is 3. The molecule has 1 rings (SSSR count). The van der Waals surface area contributed by atoms with Crippen molar-refractivity contribution in [1.82, 2.24) is 5.32 Å². The van der Waals surface area contributed by atoms with Gasteiger partial charge in [-0.3, -0.25) is 9.59 Å². The number of carboxylic acids is 1. The van der Waals surface area contributed by atoms with E-state index >= 15 is 0 Å². The van der Waals surface area contributed by atoms with Crippen LogP contribution in [0.5, 0.6) is 0 Å². The van der Waals surface area contributed by atoms with Gasteiger partial charge >= 0.3 is 5.97 Å². The lowest BCUT2D eigenvalue weighted by Gasteiger charge is -2.23. The van der Waals surface area contributed by atoms with Crippen molar-refractivity contribution in [3.05, 3.63) is 29.8 Å². The number of nitrogens with zero attached hydrogens (tertiary/aromatic N) is 1. The second kappa shape index (κ2) is 7.65. The van der Waals surface area contributed by atoms with Crippen LogP contribution in [0.2, 0.25) is 0 Å². The Morgan fingerprint density at radius 1 is 1.25 bits per heavy atom. The molecule has 0 aliphatic heterocycles. The number of rotatable bonds is 7. The van der Waals surface area contributed by atoms with Crippen LogP contribution in [-0.4, -0.2) is 36.1 Å². The van der Waals surface area contributed by atoms with Gasteiger partial charge in [0.25, 0.3) is 0 Å². The fourth-order valence-corrected chi connectivity index (χ4v) is 1.72. The molecule has 0 aromatic heterocycles. The number of anilines is 1. The van der Waals surface area contributed by atoms with E-state index in [2.05, 4.69) is 5.32 Å². The van der Waals surface area contributed by atoms with Crippen LogP contribution in [0.15, 0.2) is 24.3 Å². The van der Waals surface area contributed by atoms with E-state index in [0.29, 0.717) is 0 Å². The van der Waals surface area contributed by atoms with E-state index in [1.54, 1.807) is 0 Å². The van der Waals surface area contributed by atoms with Crippen LogP contribution in [-0.2, 0) is 9.59 Å². The molecule has 5 nitrogen and oxygen atoms in total. The minimum absolute atomic E-state index is 0.0682. The summed E-state index contributed by atoms with van der Waals surface area (Å²) in [5, 5.41) is 11.9. The molecule has 1 amide bonds. The van der Waals surface area contributed by atoms with Crippen LogP contribution < -0.4 is 10.2 Å². The van der Waals surface area contributed by atoms with E-state index in [9.17, 15) is 9.59 Å². The van der Waals surface area contributed by atoms with Crippen LogP contribution in [0.1, 0.15) is 25.8 Å². The quantitative estimate of drug-likeness (QED) is 0.798. The Balaban J connectivity index is 2.81. The molecule has 2 N–H and O–H groups in total. The first-order chi connectivity index (χ1) is 9.40. The number of carbonyl (C=O) groups excluding carboxylic acids is 1. The number of hydrogen-bond donors (Lipinski definition) is 2. The van der Waals surface area contributed by atoms with Gasteiger partial charge in [0, 0.05) is 18.3 Å². The SMILES string of the molecule is Cc1ccc(N(CCC(=O)O)C(=O)CNC(C)C)cc1. The summed E-state index contributed by atoms with van der Waals surface area (Å²) in [6.45, 7) is 6.26. The zero-order valence-electron chi connectivity index (χ0n) is 12.2. The third kappa shape index (κ3) is 5.40. The predicted octanol–water partition coefficient (Wildman–Crippen LogP) is 1.80. The second-order valence-corrected chi connectivity index (χ2v) is 5.06. The minimum Gasteiger partial charge on any atom is -0.481 e. The van der Waals surface area contributed by atoms with Gasteiger partial charge in [-0.2, -0.15) is 0 Å². The summed E-state index contributed by atoms with van der Waals surface area (Å²) >= 11 is 0. The first-order valence-corrected chi connectivity index (χ1v) is 6.72. The molecule has 0 saturated carbocycles. The van der Waals surface area contributed by atoms with Crippen LogP contribution in [0, 0.1) is 6.92 Å². The molecule has 20 heavy (non-hydrogen) atoms. The summed E-state index contributed by atoms with van der Waals surface area (Å²) in [6, 6.07) is 7.70. The van der Waals surface area contributed by atoms with Crippen molar-refractivity contribution in [3.63, 3.8) is 0 Å². The van der Waals surface area contributed by atoms with E-state index in [-0.39, 0.29) is 31.5 Å². The van der Waals surface area contributed by atoms with Crippen molar-refractivity contribution in [2.45, 2.75) is 33.2 Å². The number of carbonyl (C=O) groups is 2. The van der Waals surface area contributed by atoms with Crippen molar-refractivity contribution in [1.29, 1.82) is 0 Å². The molecule has 0 bridgehead atoms. The molecule has 0 radical (unpaired) electrons. The van der Waals surface area contributed by atoms with E-state index in [1.807, 2.05) is 45.0 Å². The Bertz CT molecular complexity index is 455. The fourth-order valence-electron chi connectivity index (χ4n) is 1.72. The Hall–Kier alpha value is -1.88. The number of amides is 1. The smallest absolute Gasteiger partial charge is 0.305 e. The largest absolute Gasteiger partial charge is 0.481 e. The molecule has 0 unspecified atom stereocenters. The average Bonchev–Trinajstić information content (AvgIpc) is 2.38. The van der Waals surface area contributed by atoms with E-state index in [4.69, 9.17) is 5.11 Å². The van der Waals surface area contributed by atoms with Crippen molar-refractivity contribution >= 4 is 17.6 Å². The first kappa shape index (κ1) is 16.2. The van der Waals surface area contributed by atoms with Gasteiger partial charge in [0.15, 0.2) is 0 Å². The monoisotopic (exact) mass is 278 g/mol. The van der Waals surface area contributed by atoms with Crippen LogP contribution in [0.25, 0.3) is 0 Å². The molecule has 0 spiro atoms. The molecule has 0 atom stereocenters. The van der Waals surface area contributed by atoms with Gasteiger partial charge in [0.05, 0.1) is 13.0 Å². The number of benzene rings is 1. The lowest BCUT2D eigenvalue weighted by Crippen LogP contribution is -2.41. The number of carboxylic acid groups (broad SMARTS) is 1. The Labute approximate surface area is 119 Å². The van der Waals surface area contributed by atoms with Gasteiger partial charge in [0.2, 0.25) is 5.91 Å². The highest BCUT2D eigenvalue weighted by Gasteiger charge is 2.16. The zero-order valence-corrected chi connectivity index (χ0v) is 12.2. The topological polar surface area (TPSA) is 69.6 Å². The van der Waals surface area contributed by atoms with E-state index in [1.165, 1.54) is 4.90 Å². The lowest BCUT2D eigenvalue weighted by atomic mass is 10.2. The maximum Gasteiger partial charge on any atom is 0.305 e. The standard InChI is InChI=1S/C15H22N2O3/c1-11(2)16-10-14(18)17(9-8-15(19)20)13-6-4-12(3)5-7-13/h4-7,11,16H,8-10H2,1-3H3,(H,19,20). The number of aliphatic carboxylic acids is 1. The van der Waals surface area contributed by atoms with Crippen LogP contribution in [0.4, 0.5) is 5.69 Å². The normalized spacial score (nSPS) is 10.6. The van der Waals surface area contributed by atoms with Gasteiger partial charge in [-0.1, -0.05) is 31.5 Å². The van der Waals surface area contributed by atoms with Gasteiger partial charge in [-0.05, 0) is 19.1 Å². The van der Waals surface area contributed by atoms with E-state index in [0.717, 1.165) is 11.3 Å². The third-order valence-electron chi connectivity index (χ3n) is 2.86. The Kier molecular flexibility index (Phi) is 6.18. The fraction of sp³-hybridized carbons (Fsp3) is 0.467. The van der Waals surface area contributed by atoms with Crippen molar-refractivity contribution < 1.29 is 14.7 Å². The molecule has 0 heterocycles. The van der Waals surface area contributed by atoms with Crippen LogP contribution >= 0.6 is 0 Å². The first-order valence-electron chi connectivity index (χ1n) is 6.72.